The van der Waals surface area contributed by atoms with Crippen LogP contribution in [0.2, 0.25) is 0 Å². The lowest BCUT2D eigenvalue weighted by molar-refractivity contribution is -0.141. The van der Waals surface area contributed by atoms with Crippen molar-refractivity contribution in [3.05, 3.63) is 74.8 Å². The van der Waals surface area contributed by atoms with Gasteiger partial charge in [-0.05, 0) is 30.5 Å². The third-order valence-corrected chi connectivity index (χ3v) is 4.65. The number of nitrogens with one attached hydrogen (secondary N) is 2. The van der Waals surface area contributed by atoms with Crippen LogP contribution < -0.4 is 10.9 Å². The molecule has 1 aromatic carbocycles. The van der Waals surface area contributed by atoms with Crippen LogP contribution in [0.1, 0.15) is 43.4 Å². The van der Waals surface area contributed by atoms with Gasteiger partial charge in [-0.15, -0.1) is 0 Å². The lowest BCUT2D eigenvalue weighted by Gasteiger charge is -2.30. The van der Waals surface area contributed by atoms with E-state index in [4.69, 9.17) is 4.74 Å². The van der Waals surface area contributed by atoms with Gasteiger partial charge in [-0.2, -0.15) is 13.2 Å². The first-order valence-electron chi connectivity index (χ1n) is 9.14. The van der Waals surface area contributed by atoms with Crippen LogP contribution in [0.5, 0.6) is 0 Å². The predicted molar refractivity (Wildman–Crippen MR) is 102 cm³/mol. The number of rotatable bonds is 4. The fourth-order valence-electron chi connectivity index (χ4n) is 3.43. The van der Waals surface area contributed by atoms with Gasteiger partial charge in [0.2, 0.25) is 0 Å². The Labute approximate surface area is 165 Å². The molecular formula is C21H21F3N2O3. The van der Waals surface area contributed by atoms with Crippen molar-refractivity contribution in [3.8, 4) is 0 Å². The fraction of sp³-hybridized carbons (Fsp3) is 0.333. The number of benzene rings is 1. The fourth-order valence-corrected chi connectivity index (χ4v) is 3.43. The molecule has 1 aromatic heterocycles. The maximum atomic E-state index is 13.7. The van der Waals surface area contributed by atoms with E-state index < -0.39 is 29.2 Å². The maximum Gasteiger partial charge on any atom is 0.416 e. The minimum Gasteiger partial charge on any atom is -0.462 e. The number of carbonyl (C=O) groups excluding carboxylic acids is 1. The number of halogens is 3. The number of alkyl halides is 3. The summed E-state index contributed by atoms with van der Waals surface area (Å²) in [6.45, 7) is 5.40. The molecule has 0 spiro atoms. The molecule has 3 rings (SSSR count). The summed E-state index contributed by atoms with van der Waals surface area (Å²) in [5, 5.41) is 2.95. The van der Waals surface area contributed by atoms with Gasteiger partial charge in [0.25, 0.3) is 5.56 Å². The van der Waals surface area contributed by atoms with Crippen molar-refractivity contribution in [3.63, 3.8) is 0 Å². The first-order chi connectivity index (χ1) is 13.6. The Morgan fingerprint density at radius 1 is 1.21 bits per heavy atom. The largest absolute Gasteiger partial charge is 0.462 e. The molecule has 2 N–H and O–H groups in total. The highest BCUT2D eigenvalue weighted by atomic mass is 19.4. The third kappa shape index (κ3) is 4.06. The first kappa shape index (κ1) is 20.7. The van der Waals surface area contributed by atoms with Gasteiger partial charge in [0, 0.05) is 17.6 Å². The van der Waals surface area contributed by atoms with Gasteiger partial charge in [0.05, 0.1) is 29.2 Å². The number of aromatic nitrogens is 1. The molecule has 0 amide bonds. The zero-order valence-electron chi connectivity index (χ0n) is 16.2. The van der Waals surface area contributed by atoms with Gasteiger partial charge >= 0.3 is 12.1 Å². The number of hydrogen-bond donors (Lipinski definition) is 2. The summed E-state index contributed by atoms with van der Waals surface area (Å²) in [6, 6.07) is 6.52. The van der Waals surface area contributed by atoms with E-state index in [1.165, 1.54) is 24.4 Å². The molecule has 0 bridgehead atoms. The van der Waals surface area contributed by atoms with E-state index in [9.17, 15) is 22.8 Å². The molecule has 5 nitrogen and oxygen atoms in total. The summed E-state index contributed by atoms with van der Waals surface area (Å²) in [5.41, 5.74) is -0.901. The van der Waals surface area contributed by atoms with Gasteiger partial charge in [-0.3, -0.25) is 4.79 Å². The number of fused-ring (bicyclic) bond motifs is 1. The Hall–Kier alpha value is -3.03. The quantitative estimate of drug-likeness (QED) is 0.738. The van der Waals surface area contributed by atoms with E-state index in [0.29, 0.717) is 11.4 Å². The van der Waals surface area contributed by atoms with Crippen LogP contribution in [0.25, 0.3) is 0 Å². The zero-order chi connectivity index (χ0) is 21.3. The van der Waals surface area contributed by atoms with Crippen molar-refractivity contribution in [2.75, 3.05) is 11.9 Å². The zero-order valence-corrected chi connectivity index (χ0v) is 16.2. The highest BCUT2D eigenvalue weighted by Crippen LogP contribution is 2.44. The standard InChI is InChI=1S/C21H21F3N2O3/c1-11(2)10-29-20(28)16-12(3)26-15-8-9-25-19(27)18(15)17(16)13-6-4-5-7-14(13)21(22,23)24/h4-9,11,17,26H,10H2,1-3H3,(H,25,27). The lowest BCUT2D eigenvalue weighted by atomic mass is 9.79. The normalized spacial score (nSPS) is 16.4. The van der Waals surface area contributed by atoms with Crippen LogP contribution in [-0.2, 0) is 15.7 Å². The SMILES string of the molecule is CC1=C(C(=O)OCC(C)C)C(c2ccccc2C(F)(F)F)c2c(cc[nH]c2=O)N1. The van der Waals surface area contributed by atoms with E-state index >= 15 is 0 Å². The van der Waals surface area contributed by atoms with Crippen molar-refractivity contribution < 1.29 is 22.7 Å². The van der Waals surface area contributed by atoms with Gasteiger partial charge in [0.1, 0.15) is 0 Å². The lowest BCUT2D eigenvalue weighted by Crippen LogP contribution is -2.31. The molecule has 0 radical (unpaired) electrons. The molecule has 154 valence electrons. The predicted octanol–water partition coefficient (Wildman–Crippen LogP) is 4.42. The van der Waals surface area contributed by atoms with Crippen LogP contribution in [0.3, 0.4) is 0 Å². The number of ether oxygens (including phenoxy) is 1. The second kappa shape index (κ2) is 7.77. The molecule has 1 aliphatic rings. The third-order valence-electron chi connectivity index (χ3n) is 4.65. The van der Waals surface area contributed by atoms with Crippen LogP contribution in [0, 0.1) is 5.92 Å². The van der Waals surface area contributed by atoms with E-state index in [0.717, 1.165) is 6.07 Å². The molecule has 2 heterocycles. The highest BCUT2D eigenvalue weighted by Gasteiger charge is 2.41. The second-order valence-corrected chi connectivity index (χ2v) is 7.31. The summed E-state index contributed by atoms with van der Waals surface area (Å²) >= 11 is 0. The number of esters is 1. The minimum atomic E-state index is -4.65. The number of pyridine rings is 1. The first-order valence-corrected chi connectivity index (χ1v) is 9.14. The van der Waals surface area contributed by atoms with Crippen LogP contribution >= 0.6 is 0 Å². The molecule has 1 aliphatic heterocycles. The van der Waals surface area contributed by atoms with Gasteiger partial charge in [-0.25, -0.2) is 4.79 Å². The second-order valence-electron chi connectivity index (χ2n) is 7.31. The summed E-state index contributed by atoms with van der Waals surface area (Å²) in [4.78, 5) is 28.0. The molecule has 29 heavy (non-hydrogen) atoms. The molecule has 0 saturated heterocycles. The highest BCUT2D eigenvalue weighted by molar-refractivity contribution is 5.94. The number of allylic oxidation sites excluding steroid dienone is 1. The summed E-state index contributed by atoms with van der Waals surface area (Å²) in [5.74, 6) is -1.92. The monoisotopic (exact) mass is 406 g/mol. The molecule has 0 aliphatic carbocycles. The summed E-state index contributed by atoms with van der Waals surface area (Å²) in [6.07, 6.45) is -3.25. The topological polar surface area (TPSA) is 71.2 Å². The number of hydrogen-bond acceptors (Lipinski definition) is 4. The van der Waals surface area contributed by atoms with Crippen molar-refractivity contribution in [1.82, 2.24) is 4.98 Å². The van der Waals surface area contributed by atoms with E-state index in [-0.39, 0.29) is 29.2 Å². The summed E-state index contributed by atoms with van der Waals surface area (Å²) in [7, 11) is 0. The van der Waals surface area contributed by atoms with Gasteiger partial charge < -0.3 is 15.0 Å². The van der Waals surface area contributed by atoms with Gasteiger partial charge in [-0.1, -0.05) is 32.0 Å². The van der Waals surface area contributed by atoms with E-state index in [1.54, 1.807) is 13.0 Å². The molecular weight excluding hydrogens is 385 g/mol. The van der Waals surface area contributed by atoms with E-state index in [2.05, 4.69) is 10.3 Å². The maximum absolute atomic E-state index is 13.7. The minimum absolute atomic E-state index is 0.00782. The smallest absolute Gasteiger partial charge is 0.416 e. The van der Waals surface area contributed by atoms with Crippen molar-refractivity contribution in [1.29, 1.82) is 0 Å². The molecule has 1 unspecified atom stereocenters. The van der Waals surface area contributed by atoms with Crippen molar-refractivity contribution >= 4 is 11.7 Å². The Morgan fingerprint density at radius 2 is 1.90 bits per heavy atom. The number of carbonyl (C=O) groups is 1. The van der Waals surface area contributed by atoms with Crippen LogP contribution in [-0.4, -0.2) is 17.6 Å². The van der Waals surface area contributed by atoms with Crippen LogP contribution in [0.15, 0.2) is 52.6 Å². The molecule has 0 saturated carbocycles. The molecule has 1 atom stereocenters. The summed E-state index contributed by atoms with van der Waals surface area (Å²) < 4.78 is 46.5. The Balaban J connectivity index is 2.25. The van der Waals surface area contributed by atoms with Crippen molar-refractivity contribution in [2.24, 2.45) is 5.92 Å². The Morgan fingerprint density at radius 3 is 2.55 bits per heavy atom. The van der Waals surface area contributed by atoms with Crippen LogP contribution in [0.4, 0.5) is 18.9 Å². The number of anilines is 1. The van der Waals surface area contributed by atoms with Gasteiger partial charge in [0.15, 0.2) is 0 Å². The molecule has 2 aromatic rings. The average Bonchev–Trinajstić information content (AvgIpc) is 2.64. The average molecular weight is 406 g/mol. The molecule has 0 fully saturated rings. The number of aromatic amines is 1. The Kier molecular flexibility index (Phi) is 5.55. The Bertz CT molecular complexity index is 1020. The van der Waals surface area contributed by atoms with Crippen molar-refractivity contribution in [2.45, 2.75) is 32.9 Å². The number of H-pyrrole nitrogens is 1. The molecule has 8 heteroatoms. The van der Waals surface area contributed by atoms with E-state index in [1.807, 2.05) is 13.8 Å².